The zero-order valence-electron chi connectivity index (χ0n) is 22.4. The van der Waals surface area contributed by atoms with Crippen LogP contribution in [-0.4, -0.2) is 95.8 Å². The molecule has 3 heterocycles. The summed E-state index contributed by atoms with van der Waals surface area (Å²) in [6.07, 6.45) is 1.97. The van der Waals surface area contributed by atoms with Crippen LogP contribution < -0.4 is 0 Å². The summed E-state index contributed by atoms with van der Waals surface area (Å²) in [5, 5.41) is 0. The number of esters is 1. The second-order valence-electron chi connectivity index (χ2n) is 10.7. The van der Waals surface area contributed by atoms with E-state index in [9.17, 15) is 9.59 Å². The highest BCUT2D eigenvalue weighted by Crippen LogP contribution is 2.30. The molecule has 204 valence electrons. The average molecular weight is 521 g/mol. The molecule has 5 rings (SSSR count). The Bertz CT molecular complexity index is 1040. The number of nitrogens with zero attached hydrogens (tertiary/aromatic N) is 4. The molecule has 0 N–H and O–H groups in total. The first-order valence-electron chi connectivity index (χ1n) is 14.0. The molecular formula is C30H40N4O4. The Hall–Kier alpha value is -2.94. The fourth-order valence-electron chi connectivity index (χ4n) is 5.93. The number of carbonyl (C=O) groups excluding carboxylic acids is 2. The minimum Gasteiger partial charge on any atom is -0.461 e. The Morgan fingerprint density at radius 3 is 2.16 bits per heavy atom. The van der Waals surface area contributed by atoms with Gasteiger partial charge in [0.25, 0.3) is 0 Å². The van der Waals surface area contributed by atoms with Crippen molar-refractivity contribution >= 4 is 12.1 Å². The highest BCUT2D eigenvalue weighted by molar-refractivity contribution is 5.71. The van der Waals surface area contributed by atoms with Gasteiger partial charge in [-0.05, 0) is 30.9 Å². The molecule has 2 unspecified atom stereocenters. The van der Waals surface area contributed by atoms with Crippen LogP contribution >= 0.6 is 0 Å². The van der Waals surface area contributed by atoms with E-state index in [1.807, 2.05) is 35.2 Å². The van der Waals surface area contributed by atoms with Gasteiger partial charge in [-0.1, -0.05) is 60.7 Å². The van der Waals surface area contributed by atoms with Gasteiger partial charge in [0, 0.05) is 58.4 Å². The molecule has 3 aliphatic rings. The van der Waals surface area contributed by atoms with E-state index in [2.05, 4.69) is 52.0 Å². The minimum absolute atomic E-state index is 0.0349. The quantitative estimate of drug-likeness (QED) is 0.469. The summed E-state index contributed by atoms with van der Waals surface area (Å²) >= 11 is 0. The molecule has 3 saturated heterocycles. The number of benzene rings is 2. The number of hydrogen-bond donors (Lipinski definition) is 0. The third-order valence-electron chi connectivity index (χ3n) is 8.12. The van der Waals surface area contributed by atoms with Crippen LogP contribution in [0.15, 0.2) is 60.7 Å². The van der Waals surface area contributed by atoms with Crippen molar-refractivity contribution in [2.75, 3.05) is 45.8 Å². The third kappa shape index (κ3) is 6.73. The fraction of sp³-hybridized carbons (Fsp3) is 0.533. The normalized spacial score (nSPS) is 23.9. The van der Waals surface area contributed by atoms with Crippen molar-refractivity contribution in [3.63, 3.8) is 0 Å². The van der Waals surface area contributed by atoms with Crippen LogP contribution in [0.25, 0.3) is 0 Å². The van der Waals surface area contributed by atoms with E-state index in [-0.39, 0.29) is 30.4 Å². The van der Waals surface area contributed by atoms with Crippen molar-refractivity contribution in [3.8, 4) is 0 Å². The number of ether oxygens (including phenoxy) is 2. The van der Waals surface area contributed by atoms with Gasteiger partial charge >= 0.3 is 12.1 Å². The Labute approximate surface area is 226 Å². The summed E-state index contributed by atoms with van der Waals surface area (Å²) in [6.45, 7) is 9.44. The van der Waals surface area contributed by atoms with Gasteiger partial charge in [-0.15, -0.1) is 0 Å². The van der Waals surface area contributed by atoms with Crippen molar-refractivity contribution in [3.05, 3.63) is 71.8 Å². The largest absolute Gasteiger partial charge is 0.461 e. The lowest BCUT2D eigenvalue weighted by atomic mass is 10.0. The maximum absolute atomic E-state index is 12.9. The summed E-state index contributed by atoms with van der Waals surface area (Å²) in [7, 11) is 0. The number of rotatable bonds is 9. The molecule has 8 nitrogen and oxygen atoms in total. The number of cyclic esters (lactones) is 1. The Balaban J connectivity index is 1.03. The molecule has 2 aromatic rings. The van der Waals surface area contributed by atoms with E-state index >= 15 is 0 Å². The van der Waals surface area contributed by atoms with Crippen LogP contribution in [-0.2, 0) is 27.4 Å². The number of amides is 1. The average Bonchev–Trinajstić information content (AvgIpc) is 3.26. The molecule has 38 heavy (non-hydrogen) atoms. The van der Waals surface area contributed by atoms with Gasteiger partial charge in [0.15, 0.2) is 6.23 Å². The van der Waals surface area contributed by atoms with E-state index in [1.165, 1.54) is 5.56 Å². The third-order valence-corrected chi connectivity index (χ3v) is 8.12. The summed E-state index contributed by atoms with van der Waals surface area (Å²) in [5.41, 5.74) is 2.34. The first kappa shape index (κ1) is 26.7. The Morgan fingerprint density at radius 1 is 0.868 bits per heavy atom. The van der Waals surface area contributed by atoms with E-state index in [0.717, 1.165) is 64.2 Å². The Morgan fingerprint density at radius 2 is 1.50 bits per heavy atom. The van der Waals surface area contributed by atoms with Crippen molar-refractivity contribution in [2.24, 2.45) is 0 Å². The van der Waals surface area contributed by atoms with Gasteiger partial charge < -0.3 is 14.4 Å². The SMILES string of the molecule is CC1C(N2CCN(CCC(=O)OCc3ccccc3)CC2)OC(=O)N1C1CCN(Cc2ccccc2)CC1. The maximum Gasteiger partial charge on any atom is 0.412 e. The molecule has 3 aliphatic heterocycles. The molecule has 0 spiro atoms. The van der Waals surface area contributed by atoms with Crippen LogP contribution in [0, 0.1) is 0 Å². The van der Waals surface area contributed by atoms with Gasteiger partial charge in [-0.25, -0.2) is 4.79 Å². The molecule has 0 radical (unpaired) electrons. The maximum atomic E-state index is 12.9. The fourth-order valence-corrected chi connectivity index (χ4v) is 5.93. The van der Waals surface area contributed by atoms with Crippen LogP contribution in [0.2, 0.25) is 0 Å². The number of piperidine rings is 1. The summed E-state index contributed by atoms with van der Waals surface area (Å²) < 4.78 is 11.3. The van der Waals surface area contributed by atoms with Crippen molar-refractivity contribution in [1.82, 2.24) is 19.6 Å². The van der Waals surface area contributed by atoms with Gasteiger partial charge in [-0.2, -0.15) is 0 Å². The monoisotopic (exact) mass is 520 g/mol. The number of likely N-dealkylation sites (tertiary alicyclic amines) is 1. The van der Waals surface area contributed by atoms with Crippen molar-refractivity contribution < 1.29 is 19.1 Å². The first-order valence-corrected chi connectivity index (χ1v) is 14.0. The van der Waals surface area contributed by atoms with E-state index < -0.39 is 0 Å². The lowest BCUT2D eigenvalue weighted by Crippen LogP contribution is -2.55. The second-order valence-corrected chi connectivity index (χ2v) is 10.7. The van der Waals surface area contributed by atoms with Crippen LogP contribution in [0.5, 0.6) is 0 Å². The summed E-state index contributed by atoms with van der Waals surface area (Å²) in [6, 6.07) is 20.6. The molecule has 2 aromatic carbocycles. The standard InChI is InChI=1S/C30H40N4O4/c1-24-29(33-20-18-31(19-21-33)17-14-28(35)37-23-26-10-6-3-7-11-26)38-30(36)34(24)27-12-15-32(16-13-27)22-25-8-4-2-5-9-25/h2-11,24,27,29H,12-23H2,1H3. The minimum atomic E-state index is -0.206. The van der Waals surface area contributed by atoms with Gasteiger partial charge in [0.2, 0.25) is 0 Å². The molecular weight excluding hydrogens is 480 g/mol. The van der Waals surface area contributed by atoms with Crippen LogP contribution in [0.3, 0.4) is 0 Å². The van der Waals surface area contributed by atoms with Gasteiger partial charge in [0.05, 0.1) is 12.5 Å². The Kier molecular flexibility index (Phi) is 8.94. The number of carbonyl (C=O) groups is 2. The second kappa shape index (κ2) is 12.7. The molecule has 1 amide bonds. The molecule has 0 aliphatic carbocycles. The first-order chi connectivity index (χ1) is 18.6. The highest BCUT2D eigenvalue weighted by Gasteiger charge is 2.46. The topological polar surface area (TPSA) is 65.6 Å². The summed E-state index contributed by atoms with van der Waals surface area (Å²) in [4.78, 5) is 34.2. The van der Waals surface area contributed by atoms with Gasteiger partial charge in [0.1, 0.15) is 6.61 Å². The molecule has 0 aromatic heterocycles. The van der Waals surface area contributed by atoms with E-state index in [0.29, 0.717) is 19.6 Å². The molecule has 0 bridgehead atoms. The van der Waals surface area contributed by atoms with Crippen molar-refractivity contribution in [1.29, 1.82) is 0 Å². The number of piperazine rings is 1. The van der Waals surface area contributed by atoms with E-state index in [4.69, 9.17) is 9.47 Å². The van der Waals surface area contributed by atoms with Crippen LogP contribution in [0.4, 0.5) is 4.79 Å². The molecule has 3 fully saturated rings. The van der Waals surface area contributed by atoms with Gasteiger partial charge in [-0.3, -0.25) is 19.5 Å². The molecule has 0 saturated carbocycles. The molecule has 8 heteroatoms. The zero-order chi connectivity index (χ0) is 26.3. The lowest BCUT2D eigenvalue weighted by molar-refractivity contribution is -0.145. The predicted molar refractivity (Wildman–Crippen MR) is 145 cm³/mol. The number of hydrogen-bond acceptors (Lipinski definition) is 7. The van der Waals surface area contributed by atoms with Crippen LogP contribution in [0.1, 0.15) is 37.3 Å². The predicted octanol–water partition coefficient (Wildman–Crippen LogP) is 3.57. The van der Waals surface area contributed by atoms with Crippen molar-refractivity contribution in [2.45, 2.75) is 57.6 Å². The molecule has 2 atom stereocenters. The summed E-state index contributed by atoms with van der Waals surface area (Å²) in [5.74, 6) is -0.167. The van der Waals surface area contributed by atoms with E-state index in [1.54, 1.807) is 0 Å². The lowest BCUT2D eigenvalue weighted by Gasteiger charge is -2.40. The highest BCUT2D eigenvalue weighted by atomic mass is 16.6. The smallest absolute Gasteiger partial charge is 0.412 e. The zero-order valence-corrected chi connectivity index (χ0v) is 22.4.